The van der Waals surface area contributed by atoms with Gasteiger partial charge in [0, 0.05) is 21.1 Å². The van der Waals surface area contributed by atoms with Crippen molar-refractivity contribution < 1.29 is 4.92 Å². The molecule has 0 aliphatic heterocycles. The third kappa shape index (κ3) is 2.54. The zero-order valence-corrected chi connectivity index (χ0v) is 11.9. The molecular formula is C12H9BrN2O2S. The predicted molar refractivity (Wildman–Crippen MR) is 75.8 cm³/mol. The second-order valence-electron chi connectivity index (χ2n) is 3.49. The summed E-state index contributed by atoms with van der Waals surface area (Å²) in [5.41, 5.74) is 1.44. The van der Waals surface area contributed by atoms with Crippen LogP contribution in [-0.2, 0) is 0 Å². The molecule has 0 unspecified atom stereocenters. The number of rotatable bonds is 3. The summed E-state index contributed by atoms with van der Waals surface area (Å²) in [5, 5.41) is 11.0. The van der Waals surface area contributed by atoms with Gasteiger partial charge in [-0.1, -0.05) is 15.9 Å². The topological polar surface area (TPSA) is 56.0 Å². The maximum Gasteiger partial charge on any atom is 0.295 e. The Bertz CT molecular complexity index is 604. The van der Waals surface area contributed by atoms with Crippen LogP contribution in [0.25, 0.3) is 11.1 Å². The van der Waals surface area contributed by atoms with Gasteiger partial charge in [-0.25, -0.2) is 0 Å². The number of aromatic nitrogens is 1. The van der Waals surface area contributed by atoms with Gasteiger partial charge < -0.3 is 0 Å². The van der Waals surface area contributed by atoms with E-state index in [2.05, 4.69) is 20.9 Å². The lowest BCUT2D eigenvalue weighted by atomic mass is 10.1. The molecule has 0 aliphatic rings. The molecule has 0 amide bonds. The Kier molecular flexibility index (Phi) is 3.98. The lowest BCUT2D eigenvalue weighted by molar-refractivity contribution is -0.384. The van der Waals surface area contributed by atoms with Crippen LogP contribution < -0.4 is 0 Å². The summed E-state index contributed by atoms with van der Waals surface area (Å²) >= 11 is 4.95. The van der Waals surface area contributed by atoms with Crippen LogP contribution in [0.1, 0.15) is 0 Å². The summed E-state index contributed by atoms with van der Waals surface area (Å²) in [6.07, 6.45) is 4.79. The van der Waals surface area contributed by atoms with Crippen molar-refractivity contribution in [1.29, 1.82) is 0 Å². The number of nitrogens with zero attached hydrogens (tertiary/aromatic N) is 2. The van der Waals surface area contributed by atoms with Gasteiger partial charge in [-0.05, 0) is 30.5 Å². The fraction of sp³-hybridized carbons (Fsp3) is 0.0833. The summed E-state index contributed by atoms with van der Waals surface area (Å²) in [7, 11) is 0. The zero-order chi connectivity index (χ0) is 13.1. The number of halogens is 1. The Morgan fingerprint density at radius 2 is 2.11 bits per heavy atom. The Labute approximate surface area is 117 Å². The second-order valence-corrected chi connectivity index (χ2v) is 5.26. The van der Waals surface area contributed by atoms with Crippen LogP contribution in [0.2, 0.25) is 0 Å². The highest BCUT2D eigenvalue weighted by Gasteiger charge is 2.17. The summed E-state index contributed by atoms with van der Waals surface area (Å²) in [4.78, 5) is 15.4. The molecule has 0 bridgehead atoms. The number of nitro groups is 1. The fourth-order valence-electron chi connectivity index (χ4n) is 1.65. The van der Waals surface area contributed by atoms with Crippen molar-refractivity contribution in [2.45, 2.75) is 4.90 Å². The van der Waals surface area contributed by atoms with E-state index in [0.29, 0.717) is 5.56 Å². The quantitative estimate of drug-likeness (QED) is 0.483. The van der Waals surface area contributed by atoms with Gasteiger partial charge >= 0.3 is 0 Å². The number of pyridine rings is 1. The number of hydrogen-bond acceptors (Lipinski definition) is 4. The van der Waals surface area contributed by atoms with E-state index < -0.39 is 4.92 Å². The second kappa shape index (κ2) is 5.49. The van der Waals surface area contributed by atoms with E-state index >= 15 is 0 Å². The van der Waals surface area contributed by atoms with Crippen LogP contribution >= 0.6 is 27.7 Å². The maximum atomic E-state index is 11.0. The van der Waals surface area contributed by atoms with Crippen LogP contribution in [-0.4, -0.2) is 16.2 Å². The van der Waals surface area contributed by atoms with Crippen LogP contribution in [0.4, 0.5) is 5.69 Å². The molecule has 1 aromatic heterocycles. The molecule has 0 atom stereocenters. The number of benzene rings is 1. The molecular weight excluding hydrogens is 316 g/mol. The van der Waals surface area contributed by atoms with E-state index in [4.69, 9.17) is 0 Å². The van der Waals surface area contributed by atoms with Gasteiger partial charge in [-0.3, -0.25) is 15.1 Å². The van der Waals surface area contributed by atoms with E-state index in [1.807, 2.05) is 24.5 Å². The summed E-state index contributed by atoms with van der Waals surface area (Å²) < 4.78 is 0.890. The Hall–Kier alpha value is -1.40. The Morgan fingerprint density at radius 3 is 2.78 bits per heavy atom. The molecule has 0 spiro atoms. The molecule has 0 fully saturated rings. The molecule has 0 saturated heterocycles. The van der Waals surface area contributed by atoms with Crippen LogP contribution in [0.15, 0.2) is 46.0 Å². The van der Waals surface area contributed by atoms with Gasteiger partial charge in [0.05, 0.1) is 10.5 Å². The van der Waals surface area contributed by atoms with Gasteiger partial charge in [0.15, 0.2) is 0 Å². The summed E-state index contributed by atoms with van der Waals surface area (Å²) in [5.74, 6) is 0. The first-order valence-corrected chi connectivity index (χ1v) is 7.07. The van der Waals surface area contributed by atoms with E-state index in [1.165, 1.54) is 6.20 Å². The first-order valence-electron chi connectivity index (χ1n) is 5.06. The van der Waals surface area contributed by atoms with Gasteiger partial charge in [-0.2, -0.15) is 0 Å². The molecule has 6 heteroatoms. The molecule has 4 nitrogen and oxygen atoms in total. The molecule has 92 valence electrons. The standard InChI is InChI=1S/C12H9BrN2O2S/c1-18-12-3-2-8(13)6-10(12)9-4-5-14-7-11(9)15(16)17/h2-7H,1H3. The minimum absolute atomic E-state index is 0.0194. The van der Waals surface area contributed by atoms with Crippen LogP contribution in [0, 0.1) is 10.1 Å². The SMILES string of the molecule is CSc1ccc(Br)cc1-c1ccncc1[N+](=O)[O-]. The first-order chi connectivity index (χ1) is 8.63. The largest absolute Gasteiger partial charge is 0.295 e. The highest BCUT2D eigenvalue weighted by Crippen LogP contribution is 2.36. The van der Waals surface area contributed by atoms with Crippen molar-refractivity contribution in [2.75, 3.05) is 6.26 Å². The van der Waals surface area contributed by atoms with Gasteiger partial charge in [0.2, 0.25) is 0 Å². The summed E-state index contributed by atoms with van der Waals surface area (Å²) in [6, 6.07) is 7.41. The minimum Gasteiger partial charge on any atom is -0.258 e. The molecule has 0 aliphatic carbocycles. The van der Waals surface area contributed by atoms with Gasteiger partial charge in [-0.15, -0.1) is 11.8 Å². The number of thioether (sulfide) groups is 1. The van der Waals surface area contributed by atoms with E-state index in [-0.39, 0.29) is 5.69 Å². The van der Waals surface area contributed by atoms with Gasteiger partial charge in [0.25, 0.3) is 5.69 Å². The lowest BCUT2D eigenvalue weighted by Gasteiger charge is -2.08. The zero-order valence-electron chi connectivity index (χ0n) is 9.46. The van der Waals surface area contributed by atoms with Crippen molar-refractivity contribution in [3.05, 3.63) is 51.2 Å². The molecule has 0 N–H and O–H groups in total. The highest BCUT2D eigenvalue weighted by atomic mass is 79.9. The fourth-order valence-corrected chi connectivity index (χ4v) is 2.60. The smallest absolute Gasteiger partial charge is 0.258 e. The van der Waals surface area contributed by atoms with Crippen molar-refractivity contribution in [2.24, 2.45) is 0 Å². The van der Waals surface area contributed by atoms with Crippen LogP contribution in [0.5, 0.6) is 0 Å². The van der Waals surface area contributed by atoms with Crippen molar-refractivity contribution in [3.63, 3.8) is 0 Å². The molecule has 1 heterocycles. The average Bonchev–Trinajstić information content (AvgIpc) is 2.38. The lowest BCUT2D eigenvalue weighted by Crippen LogP contribution is -1.94. The molecule has 0 radical (unpaired) electrons. The molecule has 2 aromatic rings. The molecule has 1 aromatic carbocycles. The average molecular weight is 325 g/mol. The monoisotopic (exact) mass is 324 g/mol. The third-order valence-corrected chi connectivity index (χ3v) is 3.74. The normalized spacial score (nSPS) is 10.3. The molecule has 0 saturated carbocycles. The Balaban J connectivity index is 2.68. The van der Waals surface area contributed by atoms with Crippen molar-refractivity contribution in [1.82, 2.24) is 4.98 Å². The number of hydrogen-bond donors (Lipinski definition) is 0. The summed E-state index contributed by atoms with van der Waals surface area (Å²) in [6.45, 7) is 0. The highest BCUT2D eigenvalue weighted by molar-refractivity contribution is 9.10. The molecule has 2 rings (SSSR count). The Morgan fingerprint density at radius 1 is 1.33 bits per heavy atom. The van der Waals surface area contributed by atoms with E-state index in [1.54, 1.807) is 24.0 Å². The minimum atomic E-state index is -0.409. The predicted octanol–water partition coefficient (Wildman–Crippen LogP) is 4.14. The van der Waals surface area contributed by atoms with Gasteiger partial charge in [0.1, 0.15) is 6.20 Å². The van der Waals surface area contributed by atoms with E-state index in [9.17, 15) is 10.1 Å². The van der Waals surface area contributed by atoms with Crippen LogP contribution in [0.3, 0.4) is 0 Å². The molecule has 18 heavy (non-hydrogen) atoms. The first kappa shape index (κ1) is 13.0. The van der Waals surface area contributed by atoms with Crippen molar-refractivity contribution in [3.8, 4) is 11.1 Å². The van der Waals surface area contributed by atoms with Crippen molar-refractivity contribution >= 4 is 33.4 Å². The van der Waals surface area contributed by atoms with E-state index in [0.717, 1.165) is 14.9 Å². The maximum absolute atomic E-state index is 11.0. The third-order valence-electron chi connectivity index (χ3n) is 2.45.